The Morgan fingerprint density at radius 1 is 1.33 bits per heavy atom. The van der Waals surface area contributed by atoms with Crippen molar-refractivity contribution in [2.24, 2.45) is 17.3 Å². The molecule has 3 nitrogen and oxygen atoms in total. The van der Waals surface area contributed by atoms with Crippen LogP contribution in [0.3, 0.4) is 0 Å². The summed E-state index contributed by atoms with van der Waals surface area (Å²) in [6.45, 7) is 8.76. The summed E-state index contributed by atoms with van der Waals surface area (Å²) in [5, 5.41) is 11.7. The number of hydrogen-bond acceptors (Lipinski definition) is 2. The molecule has 1 atom stereocenters. The van der Waals surface area contributed by atoms with Gasteiger partial charge in [0.2, 0.25) is 5.91 Å². The van der Waals surface area contributed by atoms with Gasteiger partial charge in [0.15, 0.2) is 0 Å². The van der Waals surface area contributed by atoms with Gasteiger partial charge in [-0.3, -0.25) is 4.79 Å². The average Bonchev–Trinajstić information content (AvgIpc) is 2.34. The number of hydrogen-bond donors (Lipinski definition) is 1. The molecular weight excluding hydrogens is 224 g/mol. The molecule has 1 aliphatic rings. The number of amides is 1. The molecule has 0 aromatic rings. The van der Waals surface area contributed by atoms with Crippen molar-refractivity contribution in [3.05, 3.63) is 0 Å². The Morgan fingerprint density at radius 3 is 2.28 bits per heavy atom. The first-order chi connectivity index (χ1) is 8.38. The van der Waals surface area contributed by atoms with Crippen LogP contribution < -0.4 is 5.32 Å². The third-order valence-electron chi connectivity index (χ3n) is 4.20. The van der Waals surface area contributed by atoms with Crippen LogP contribution in [0.2, 0.25) is 0 Å². The molecule has 1 N–H and O–H groups in total. The highest BCUT2D eigenvalue weighted by Gasteiger charge is 2.32. The summed E-state index contributed by atoms with van der Waals surface area (Å²) >= 11 is 0. The summed E-state index contributed by atoms with van der Waals surface area (Å²) in [5.74, 6) is 0.918. The van der Waals surface area contributed by atoms with E-state index in [0.717, 1.165) is 31.6 Å². The predicted octanol–water partition coefficient (Wildman–Crippen LogP) is 3.26. The van der Waals surface area contributed by atoms with Gasteiger partial charge in [-0.15, -0.1) is 0 Å². The quantitative estimate of drug-likeness (QED) is 0.836. The van der Waals surface area contributed by atoms with Crippen molar-refractivity contribution in [3.8, 4) is 6.07 Å². The van der Waals surface area contributed by atoms with E-state index in [2.05, 4.69) is 32.2 Å². The Hall–Kier alpha value is -1.04. The lowest BCUT2D eigenvalue weighted by Crippen LogP contribution is -2.40. The SMILES string of the molecule is CCC(C#N)NC(=O)C1CCC(C(C)(C)C)CC1. The van der Waals surface area contributed by atoms with Crippen molar-refractivity contribution in [1.82, 2.24) is 5.32 Å². The van der Waals surface area contributed by atoms with Crippen LogP contribution >= 0.6 is 0 Å². The van der Waals surface area contributed by atoms with Gasteiger partial charge in [-0.2, -0.15) is 5.26 Å². The molecule has 0 aliphatic heterocycles. The molecule has 18 heavy (non-hydrogen) atoms. The van der Waals surface area contributed by atoms with Crippen LogP contribution in [0.4, 0.5) is 0 Å². The first-order valence-electron chi connectivity index (χ1n) is 7.08. The van der Waals surface area contributed by atoms with Gasteiger partial charge in [0, 0.05) is 5.92 Å². The standard InChI is InChI=1S/C15H26N2O/c1-5-13(10-16)17-14(18)11-6-8-12(9-7-11)15(2,3)4/h11-13H,5-9H2,1-4H3,(H,17,18). The number of nitrogens with zero attached hydrogens (tertiary/aromatic N) is 1. The van der Waals surface area contributed by atoms with Gasteiger partial charge in [-0.05, 0) is 43.4 Å². The Balaban J connectivity index is 2.44. The minimum Gasteiger partial charge on any atom is -0.340 e. The Morgan fingerprint density at radius 2 is 1.89 bits per heavy atom. The normalized spacial score (nSPS) is 26.2. The van der Waals surface area contributed by atoms with Gasteiger partial charge >= 0.3 is 0 Å². The van der Waals surface area contributed by atoms with Crippen LogP contribution in [0.5, 0.6) is 0 Å². The van der Waals surface area contributed by atoms with E-state index in [1.165, 1.54) is 0 Å². The predicted molar refractivity (Wildman–Crippen MR) is 72.7 cm³/mol. The maximum atomic E-state index is 12.0. The molecule has 1 unspecified atom stereocenters. The lowest BCUT2D eigenvalue weighted by molar-refractivity contribution is -0.127. The van der Waals surface area contributed by atoms with Gasteiger partial charge in [-0.25, -0.2) is 0 Å². The fraction of sp³-hybridized carbons (Fsp3) is 0.867. The summed E-state index contributed by atoms with van der Waals surface area (Å²) in [6.07, 6.45) is 4.88. The van der Waals surface area contributed by atoms with Crippen molar-refractivity contribution in [1.29, 1.82) is 5.26 Å². The molecule has 1 fully saturated rings. The zero-order valence-corrected chi connectivity index (χ0v) is 12.1. The van der Waals surface area contributed by atoms with Crippen LogP contribution in [-0.4, -0.2) is 11.9 Å². The van der Waals surface area contributed by atoms with Gasteiger partial charge in [-0.1, -0.05) is 27.7 Å². The lowest BCUT2D eigenvalue weighted by Gasteiger charge is -2.36. The summed E-state index contributed by atoms with van der Waals surface area (Å²) < 4.78 is 0. The molecule has 0 radical (unpaired) electrons. The first-order valence-corrected chi connectivity index (χ1v) is 7.08. The van der Waals surface area contributed by atoms with Gasteiger partial charge in [0.05, 0.1) is 6.07 Å². The summed E-state index contributed by atoms with van der Waals surface area (Å²) in [6, 6.07) is 1.80. The number of carbonyl (C=O) groups excluding carboxylic acids is 1. The van der Waals surface area contributed by atoms with Crippen molar-refractivity contribution in [2.75, 3.05) is 0 Å². The highest BCUT2D eigenvalue weighted by molar-refractivity contribution is 5.79. The van der Waals surface area contributed by atoms with Crippen LogP contribution in [0, 0.1) is 28.6 Å². The maximum absolute atomic E-state index is 12.0. The molecule has 102 valence electrons. The second kappa shape index (κ2) is 6.22. The van der Waals surface area contributed by atoms with Gasteiger partial charge in [0.1, 0.15) is 6.04 Å². The third-order valence-corrected chi connectivity index (χ3v) is 4.20. The second-order valence-corrected chi connectivity index (χ2v) is 6.51. The summed E-state index contributed by atoms with van der Waals surface area (Å²) in [4.78, 5) is 12.0. The molecule has 1 saturated carbocycles. The number of nitriles is 1. The summed E-state index contributed by atoms with van der Waals surface area (Å²) in [5.41, 5.74) is 0.347. The molecule has 0 aromatic carbocycles. The van der Waals surface area contributed by atoms with Gasteiger partial charge in [0.25, 0.3) is 0 Å². The van der Waals surface area contributed by atoms with E-state index in [-0.39, 0.29) is 17.9 Å². The smallest absolute Gasteiger partial charge is 0.224 e. The molecule has 1 aliphatic carbocycles. The van der Waals surface area contributed by atoms with Crippen LogP contribution in [-0.2, 0) is 4.79 Å². The molecule has 1 rings (SSSR count). The Labute approximate surface area is 111 Å². The van der Waals surface area contributed by atoms with E-state index in [9.17, 15) is 4.79 Å². The maximum Gasteiger partial charge on any atom is 0.224 e. The van der Waals surface area contributed by atoms with E-state index in [1.807, 2.05) is 6.92 Å². The van der Waals surface area contributed by atoms with Crippen molar-refractivity contribution >= 4 is 5.91 Å². The Kier molecular flexibility index (Phi) is 5.19. The van der Waals surface area contributed by atoms with E-state index < -0.39 is 0 Å². The van der Waals surface area contributed by atoms with Crippen molar-refractivity contribution < 1.29 is 4.79 Å². The Bertz CT molecular complexity index is 316. The zero-order valence-electron chi connectivity index (χ0n) is 12.1. The number of carbonyl (C=O) groups is 1. The molecule has 1 amide bonds. The van der Waals surface area contributed by atoms with E-state index in [1.54, 1.807) is 0 Å². The topological polar surface area (TPSA) is 52.9 Å². The largest absolute Gasteiger partial charge is 0.340 e. The minimum atomic E-state index is -0.321. The van der Waals surface area contributed by atoms with Crippen LogP contribution in [0.25, 0.3) is 0 Å². The van der Waals surface area contributed by atoms with E-state index in [0.29, 0.717) is 11.8 Å². The van der Waals surface area contributed by atoms with Crippen molar-refractivity contribution in [2.45, 2.75) is 65.8 Å². The van der Waals surface area contributed by atoms with E-state index >= 15 is 0 Å². The number of rotatable bonds is 3. The van der Waals surface area contributed by atoms with Crippen LogP contribution in [0.15, 0.2) is 0 Å². The zero-order chi connectivity index (χ0) is 13.8. The monoisotopic (exact) mass is 250 g/mol. The summed E-state index contributed by atoms with van der Waals surface area (Å²) in [7, 11) is 0. The first kappa shape index (κ1) is 15.0. The number of nitrogens with one attached hydrogen (secondary N) is 1. The van der Waals surface area contributed by atoms with E-state index in [4.69, 9.17) is 5.26 Å². The molecular formula is C15H26N2O. The fourth-order valence-electron chi connectivity index (χ4n) is 2.74. The molecule has 3 heteroatoms. The molecule has 0 saturated heterocycles. The third kappa shape index (κ3) is 4.01. The molecule has 0 heterocycles. The van der Waals surface area contributed by atoms with Crippen molar-refractivity contribution in [3.63, 3.8) is 0 Å². The average molecular weight is 250 g/mol. The minimum absolute atomic E-state index is 0.0794. The highest BCUT2D eigenvalue weighted by Crippen LogP contribution is 2.39. The molecule has 0 aromatic heterocycles. The lowest BCUT2D eigenvalue weighted by atomic mass is 9.69. The second-order valence-electron chi connectivity index (χ2n) is 6.51. The molecule has 0 spiro atoms. The van der Waals surface area contributed by atoms with Crippen LogP contribution in [0.1, 0.15) is 59.8 Å². The fourth-order valence-corrected chi connectivity index (χ4v) is 2.74. The van der Waals surface area contributed by atoms with Gasteiger partial charge < -0.3 is 5.32 Å². The molecule has 0 bridgehead atoms. The highest BCUT2D eigenvalue weighted by atomic mass is 16.1.